The Morgan fingerprint density at radius 3 is 2.33 bits per heavy atom. The molecule has 0 aromatic heterocycles. The van der Waals surface area contributed by atoms with Crippen molar-refractivity contribution in [3.63, 3.8) is 0 Å². The van der Waals surface area contributed by atoms with Crippen LogP contribution in [0, 0.1) is 11.8 Å². The summed E-state index contributed by atoms with van der Waals surface area (Å²) in [6.45, 7) is 2.03. The second-order valence-corrected chi connectivity index (χ2v) is 4.36. The third kappa shape index (κ3) is 1.45. The molecular formula is C13H14O2. The number of aliphatic hydroxyl groups excluding tert-OH is 1. The number of hydrogen-bond acceptors (Lipinski definition) is 2. The number of epoxide rings is 1. The van der Waals surface area contributed by atoms with Crippen molar-refractivity contribution < 1.29 is 9.84 Å². The summed E-state index contributed by atoms with van der Waals surface area (Å²) in [7, 11) is 0. The number of ether oxygens (including phenoxy) is 1. The van der Waals surface area contributed by atoms with Gasteiger partial charge >= 0.3 is 0 Å². The Balaban J connectivity index is 1.90. The van der Waals surface area contributed by atoms with E-state index in [1.165, 1.54) is 0 Å². The Hall–Kier alpha value is -1.28. The van der Waals surface area contributed by atoms with Gasteiger partial charge in [-0.2, -0.15) is 0 Å². The lowest BCUT2D eigenvalue weighted by molar-refractivity contribution is 0.364. The maximum Gasteiger partial charge on any atom is 0.117 e. The highest BCUT2D eigenvalue weighted by Crippen LogP contribution is 2.38. The quantitative estimate of drug-likeness (QED) is 0.663. The summed E-state index contributed by atoms with van der Waals surface area (Å²) in [4.78, 5) is 0. The lowest BCUT2D eigenvalue weighted by Crippen LogP contribution is -2.16. The van der Waals surface area contributed by atoms with Crippen molar-refractivity contribution in [1.82, 2.24) is 0 Å². The fourth-order valence-electron chi connectivity index (χ4n) is 2.30. The lowest BCUT2D eigenvalue weighted by atomic mass is 9.81. The van der Waals surface area contributed by atoms with Crippen LogP contribution in [0.3, 0.4) is 0 Å². The average molecular weight is 202 g/mol. The van der Waals surface area contributed by atoms with E-state index in [1.54, 1.807) is 0 Å². The van der Waals surface area contributed by atoms with E-state index in [1.807, 2.05) is 19.1 Å². The molecule has 78 valence electrons. The highest BCUT2D eigenvalue weighted by molar-refractivity contribution is 5.41. The summed E-state index contributed by atoms with van der Waals surface area (Å²) in [5.41, 5.74) is 0.962. The van der Waals surface area contributed by atoms with Gasteiger partial charge in [0.25, 0.3) is 0 Å². The van der Waals surface area contributed by atoms with Gasteiger partial charge in [-0.25, -0.2) is 0 Å². The predicted octanol–water partition coefficient (Wildman–Crippen LogP) is 2.51. The number of fused-ring (bicyclic) bond motifs is 1. The summed E-state index contributed by atoms with van der Waals surface area (Å²) >= 11 is 0. The van der Waals surface area contributed by atoms with Crippen molar-refractivity contribution >= 4 is 0 Å². The molecule has 4 unspecified atom stereocenters. The summed E-state index contributed by atoms with van der Waals surface area (Å²) < 4.78 is 5.40. The standard InChI is InChI=1S/C13H14O2/c1-8-13(15-8)11-6-9-4-2-3-5-10(9)7-12(11)14/h2-10,13-14H,1H3. The Morgan fingerprint density at radius 1 is 1.13 bits per heavy atom. The van der Waals surface area contributed by atoms with Gasteiger partial charge in [0.1, 0.15) is 11.9 Å². The first-order valence-electron chi connectivity index (χ1n) is 5.39. The van der Waals surface area contributed by atoms with Crippen molar-refractivity contribution in [3.05, 3.63) is 47.8 Å². The monoisotopic (exact) mass is 202 g/mol. The van der Waals surface area contributed by atoms with Gasteiger partial charge in [-0.3, -0.25) is 0 Å². The van der Waals surface area contributed by atoms with Crippen LogP contribution in [-0.2, 0) is 4.74 Å². The van der Waals surface area contributed by atoms with Gasteiger partial charge in [0.15, 0.2) is 0 Å². The zero-order valence-electron chi connectivity index (χ0n) is 8.63. The van der Waals surface area contributed by atoms with E-state index >= 15 is 0 Å². The summed E-state index contributed by atoms with van der Waals surface area (Å²) in [5, 5.41) is 9.89. The van der Waals surface area contributed by atoms with Gasteiger partial charge in [-0.05, 0) is 13.0 Å². The average Bonchev–Trinajstić information content (AvgIpc) is 2.94. The van der Waals surface area contributed by atoms with Gasteiger partial charge in [-0.15, -0.1) is 0 Å². The van der Waals surface area contributed by atoms with Crippen LogP contribution in [0.2, 0.25) is 0 Å². The van der Waals surface area contributed by atoms with E-state index in [0.29, 0.717) is 17.6 Å². The molecule has 0 aromatic carbocycles. The maximum absolute atomic E-state index is 9.89. The molecule has 4 atom stereocenters. The van der Waals surface area contributed by atoms with Crippen molar-refractivity contribution in [1.29, 1.82) is 0 Å². The van der Waals surface area contributed by atoms with E-state index in [0.717, 1.165) is 5.57 Å². The third-order valence-corrected chi connectivity index (χ3v) is 3.26. The van der Waals surface area contributed by atoms with E-state index in [-0.39, 0.29) is 12.2 Å². The molecule has 3 aliphatic rings. The largest absolute Gasteiger partial charge is 0.508 e. The van der Waals surface area contributed by atoms with E-state index in [9.17, 15) is 5.11 Å². The summed E-state index contributed by atoms with van der Waals surface area (Å²) in [6.07, 6.45) is 12.8. The first-order valence-corrected chi connectivity index (χ1v) is 5.39. The van der Waals surface area contributed by atoms with Gasteiger partial charge in [0, 0.05) is 17.4 Å². The van der Waals surface area contributed by atoms with E-state index in [4.69, 9.17) is 4.74 Å². The number of allylic oxidation sites excluding steroid dienone is 6. The van der Waals surface area contributed by atoms with Crippen LogP contribution < -0.4 is 0 Å². The second-order valence-electron chi connectivity index (χ2n) is 4.36. The maximum atomic E-state index is 9.89. The molecule has 3 rings (SSSR count). The Bertz CT molecular complexity index is 401. The molecule has 1 heterocycles. The van der Waals surface area contributed by atoms with Gasteiger partial charge < -0.3 is 9.84 Å². The SMILES string of the molecule is CC1OC1C1=CC2C=CC=CC2C=C1O. The van der Waals surface area contributed by atoms with Crippen LogP contribution in [0.4, 0.5) is 0 Å². The van der Waals surface area contributed by atoms with Crippen LogP contribution in [0.15, 0.2) is 47.8 Å². The first-order chi connectivity index (χ1) is 7.25. The zero-order valence-corrected chi connectivity index (χ0v) is 8.63. The minimum absolute atomic E-state index is 0.113. The minimum atomic E-state index is 0.113. The van der Waals surface area contributed by atoms with Crippen LogP contribution in [0.1, 0.15) is 6.92 Å². The van der Waals surface area contributed by atoms with E-state index in [2.05, 4.69) is 24.3 Å². The normalized spacial score (nSPS) is 41.9. The zero-order chi connectivity index (χ0) is 10.4. The van der Waals surface area contributed by atoms with Crippen molar-refractivity contribution in [3.8, 4) is 0 Å². The molecule has 0 spiro atoms. The molecule has 0 aromatic rings. The number of rotatable bonds is 1. The molecule has 0 amide bonds. The molecule has 0 bridgehead atoms. The smallest absolute Gasteiger partial charge is 0.117 e. The molecule has 2 aliphatic carbocycles. The predicted molar refractivity (Wildman–Crippen MR) is 58.4 cm³/mol. The highest BCUT2D eigenvalue weighted by atomic mass is 16.6. The lowest BCUT2D eigenvalue weighted by Gasteiger charge is -2.24. The number of aliphatic hydroxyl groups is 1. The van der Waals surface area contributed by atoms with E-state index < -0.39 is 0 Å². The number of hydrogen-bond donors (Lipinski definition) is 1. The van der Waals surface area contributed by atoms with Crippen LogP contribution >= 0.6 is 0 Å². The molecule has 15 heavy (non-hydrogen) atoms. The van der Waals surface area contributed by atoms with Gasteiger partial charge in [-0.1, -0.05) is 30.4 Å². The molecule has 1 aliphatic heterocycles. The molecule has 1 fully saturated rings. The molecule has 1 N–H and O–H groups in total. The first kappa shape index (κ1) is 8.98. The fourth-order valence-corrected chi connectivity index (χ4v) is 2.30. The summed E-state index contributed by atoms with van der Waals surface area (Å²) in [6, 6.07) is 0. The van der Waals surface area contributed by atoms with Crippen molar-refractivity contribution in [2.75, 3.05) is 0 Å². The molecule has 0 saturated carbocycles. The Kier molecular flexibility index (Phi) is 1.86. The molecule has 1 saturated heterocycles. The second kappa shape index (κ2) is 3.11. The van der Waals surface area contributed by atoms with Crippen LogP contribution in [0.5, 0.6) is 0 Å². The topological polar surface area (TPSA) is 32.8 Å². The Labute approximate surface area is 89.3 Å². The van der Waals surface area contributed by atoms with Gasteiger partial charge in [0.05, 0.1) is 6.10 Å². The van der Waals surface area contributed by atoms with Gasteiger partial charge in [0.2, 0.25) is 0 Å². The molecule has 0 radical (unpaired) electrons. The summed E-state index contributed by atoms with van der Waals surface area (Å²) in [5.74, 6) is 1.09. The van der Waals surface area contributed by atoms with Crippen molar-refractivity contribution in [2.24, 2.45) is 11.8 Å². The van der Waals surface area contributed by atoms with Crippen molar-refractivity contribution in [2.45, 2.75) is 19.1 Å². The molecule has 2 nitrogen and oxygen atoms in total. The highest BCUT2D eigenvalue weighted by Gasteiger charge is 2.41. The molecular weight excluding hydrogens is 188 g/mol. The minimum Gasteiger partial charge on any atom is -0.508 e. The fraction of sp³-hybridized carbons (Fsp3) is 0.385. The third-order valence-electron chi connectivity index (χ3n) is 3.26. The van der Waals surface area contributed by atoms with Crippen LogP contribution in [-0.4, -0.2) is 17.3 Å². The molecule has 2 heteroatoms. The Morgan fingerprint density at radius 2 is 1.73 bits per heavy atom. The van der Waals surface area contributed by atoms with Crippen LogP contribution in [0.25, 0.3) is 0 Å².